The number of nitrogens with zero attached hydrogens (tertiary/aromatic N) is 1. The van der Waals surface area contributed by atoms with Crippen LogP contribution in [0, 0.1) is 11.2 Å². The summed E-state index contributed by atoms with van der Waals surface area (Å²) >= 11 is 3.22. The molecule has 1 saturated heterocycles. The van der Waals surface area contributed by atoms with Gasteiger partial charge in [0.05, 0.1) is 0 Å². The molecule has 0 bridgehead atoms. The average Bonchev–Trinajstić information content (AvgIpc) is 3.09. The van der Waals surface area contributed by atoms with Gasteiger partial charge in [-0.05, 0) is 31.9 Å². The minimum atomic E-state index is -1.04. The first kappa shape index (κ1) is 12.6. The van der Waals surface area contributed by atoms with E-state index in [1.807, 2.05) is 0 Å². The Balaban J connectivity index is 2.13. The van der Waals surface area contributed by atoms with E-state index < -0.39 is 11.4 Å². The van der Waals surface area contributed by atoms with Crippen LogP contribution >= 0.6 is 15.9 Å². The summed E-state index contributed by atoms with van der Waals surface area (Å²) in [6.45, 7) is 1.72. The smallest absolute Gasteiger partial charge is 0.305 e. The van der Waals surface area contributed by atoms with Crippen LogP contribution in [0.25, 0.3) is 0 Å². The molecule has 6 heteroatoms. The van der Waals surface area contributed by atoms with Crippen LogP contribution in [0.15, 0.2) is 22.7 Å². The van der Waals surface area contributed by atoms with Crippen molar-refractivity contribution in [2.45, 2.75) is 31.3 Å². The number of halogens is 2. The van der Waals surface area contributed by atoms with Gasteiger partial charge >= 0.3 is 6.03 Å². The highest BCUT2D eigenvalue weighted by Crippen LogP contribution is 2.42. The maximum atomic E-state index is 14.2. The Bertz CT molecular complexity index is 587. The second-order valence-electron chi connectivity index (χ2n) is 5.10. The first-order valence-corrected chi connectivity index (χ1v) is 6.89. The summed E-state index contributed by atoms with van der Waals surface area (Å²) in [5.41, 5.74) is -0.686. The highest BCUT2D eigenvalue weighted by Gasteiger charge is 2.54. The number of urea groups is 1. The molecule has 2 fully saturated rings. The Morgan fingerprint density at radius 2 is 2.21 bits per heavy atom. The molecular formula is C13H13BrFN3O. The molecule has 1 atom stereocenters. The first-order chi connectivity index (χ1) is 8.94. The van der Waals surface area contributed by atoms with Crippen molar-refractivity contribution in [3.8, 4) is 0 Å². The summed E-state index contributed by atoms with van der Waals surface area (Å²) in [5.74, 6) is -0.380. The van der Waals surface area contributed by atoms with E-state index in [4.69, 9.17) is 5.41 Å². The molecule has 2 aliphatic rings. The number of nitrogens with one attached hydrogen (secondary N) is 2. The Kier molecular flexibility index (Phi) is 2.67. The second-order valence-corrected chi connectivity index (χ2v) is 6.02. The molecule has 1 aliphatic heterocycles. The van der Waals surface area contributed by atoms with Crippen molar-refractivity contribution in [1.29, 1.82) is 5.41 Å². The average molecular weight is 326 g/mol. The van der Waals surface area contributed by atoms with Crippen molar-refractivity contribution in [2.24, 2.45) is 0 Å². The van der Waals surface area contributed by atoms with Crippen molar-refractivity contribution < 1.29 is 9.18 Å². The minimum absolute atomic E-state index is 0.0330. The van der Waals surface area contributed by atoms with Gasteiger partial charge in [0.25, 0.3) is 0 Å². The van der Waals surface area contributed by atoms with Crippen LogP contribution in [0.4, 0.5) is 9.18 Å². The lowest BCUT2D eigenvalue weighted by Crippen LogP contribution is -2.46. The van der Waals surface area contributed by atoms with Gasteiger partial charge in [-0.2, -0.15) is 0 Å². The van der Waals surface area contributed by atoms with Crippen LogP contribution in [0.1, 0.15) is 25.3 Å². The molecule has 4 nitrogen and oxygen atoms in total. The van der Waals surface area contributed by atoms with Crippen LogP contribution in [0.2, 0.25) is 0 Å². The quantitative estimate of drug-likeness (QED) is 0.862. The lowest BCUT2D eigenvalue weighted by molar-refractivity contribution is 0.173. The molecule has 2 amide bonds. The fourth-order valence-corrected chi connectivity index (χ4v) is 2.96. The molecule has 2 N–H and O–H groups in total. The molecule has 0 radical (unpaired) electrons. The predicted molar refractivity (Wildman–Crippen MR) is 72.6 cm³/mol. The van der Waals surface area contributed by atoms with Crippen molar-refractivity contribution in [3.05, 3.63) is 34.1 Å². The fourth-order valence-electron chi connectivity index (χ4n) is 2.62. The van der Waals surface area contributed by atoms with E-state index in [1.54, 1.807) is 24.0 Å². The molecule has 19 heavy (non-hydrogen) atoms. The Hall–Kier alpha value is -1.43. The third kappa shape index (κ3) is 1.77. The van der Waals surface area contributed by atoms with Crippen molar-refractivity contribution in [1.82, 2.24) is 10.2 Å². The molecule has 3 rings (SSSR count). The molecule has 1 aromatic carbocycles. The van der Waals surface area contributed by atoms with Gasteiger partial charge in [0.15, 0.2) is 0 Å². The maximum Gasteiger partial charge on any atom is 0.324 e. The zero-order valence-corrected chi connectivity index (χ0v) is 11.9. The molecule has 1 aromatic rings. The number of carbonyl (C=O) groups is 1. The Labute approximate surface area is 118 Å². The highest BCUT2D eigenvalue weighted by molar-refractivity contribution is 9.10. The Morgan fingerprint density at radius 1 is 1.53 bits per heavy atom. The van der Waals surface area contributed by atoms with E-state index in [-0.39, 0.29) is 17.9 Å². The molecule has 0 spiro atoms. The van der Waals surface area contributed by atoms with E-state index >= 15 is 0 Å². The van der Waals surface area contributed by atoms with Gasteiger partial charge in [0.1, 0.15) is 17.2 Å². The van der Waals surface area contributed by atoms with Gasteiger partial charge in [-0.15, -0.1) is 0 Å². The van der Waals surface area contributed by atoms with E-state index in [2.05, 4.69) is 21.2 Å². The number of hydrogen-bond acceptors (Lipinski definition) is 2. The summed E-state index contributed by atoms with van der Waals surface area (Å²) in [5, 5.41) is 10.5. The number of hydrogen-bond donors (Lipinski definition) is 2. The van der Waals surface area contributed by atoms with Crippen molar-refractivity contribution >= 4 is 27.8 Å². The standard InChI is InChI=1S/C13H13BrFN3O/c1-13(9-5-2-7(14)6-10(9)15)11(16)17-12(19)18(13)8-3-4-8/h2,5-6,8H,3-4H2,1H3,(H2,16,17,19). The first-order valence-electron chi connectivity index (χ1n) is 6.09. The number of amides is 2. The Morgan fingerprint density at radius 3 is 2.79 bits per heavy atom. The van der Waals surface area contributed by atoms with E-state index in [1.165, 1.54) is 6.07 Å². The summed E-state index contributed by atoms with van der Waals surface area (Å²) in [6, 6.07) is 4.52. The van der Waals surface area contributed by atoms with E-state index in [0.29, 0.717) is 10.0 Å². The molecule has 1 heterocycles. The third-order valence-electron chi connectivity index (χ3n) is 3.79. The summed E-state index contributed by atoms with van der Waals surface area (Å²) in [4.78, 5) is 13.6. The summed E-state index contributed by atoms with van der Waals surface area (Å²) in [6.07, 6.45) is 1.82. The predicted octanol–water partition coefficient (Wildman–Crippen LogP) is 2.97. The SMILES string of the molecule is CC1(c2ccc(Br)cc2F)C(=N)NC(=O)N1C1CC1. The van der Waals surface area contributed by atoms with Crippen LogP contribution < -0.4 is 5.32 Å². The molecular weight excluding hydrogens is 313 g/mol. The second kappa shape index (κ2) is 4.03. The lowest BCUT2D eigenvalue weighted by Gasteiger charge is -2.34. The zero-order valence-electron chi connectivity index (χ0n) is 10.3. The van der Waals surface area contributed by atoms with Gasteiger partial charge < -0.3 is 4.90 Å². The number of rotatable bonds is 2. The van der Waals surface area contributed by atoms with Gasteiger partial charge in [-0.1, -0.05) is 22.0 Å². The summed E-state index contributed by atoms with van der Waals surface area (Å²) < 4.78 is 14.9. The van der Waals surface area contributed by atoms with Crippen LogP contribution in [0.5, 0.6) is 0 Å². The lowest BCUT2D eigenvalue weighted by atomic mass is 9.89. The molecule has 0 aromatic heterocycles. The number of amidine groups is 1. The van der Waals surface area contributed by atoms with Gasteiger partial charge in [-0.3, -0.25) is 10.7 Å². The normalized spacial score (nSPS) is 26.8. The third-order valence-corrected chi connectivity index (χ3v) is 4.28. The molecule has 1 aliphatic carbocycles. The van der Waals surface area contributed by atoms with Crippen molar-refractivity contribution in [2.75, 3.05) is 0 Å². The van der Waals surface area contributed by atoms with E-state index in [9.17, 15) is 9.18 Å². The number of benzene rings is 1. The van der Waals surface area contributed by atoms with Gasteiger partial charge in [0.2, 0.25) is 0 Å². The maximum absolute atomic E-state index is 14.2. The zero-order chi connectivity index (χ0) is 13.8. The van der Waals surface area contributed by atoms with Crippen LogP contribution in [-0.4, -0.2) is 22.8 Å². The highest BCUT2D eigenvalue weighted by atomic mass is 79.9. The van der Waals surface area contributed by atoms with Gasteiger partial charge in [-0.25, -0.2) is 9.18 Å². The fraction of sp³-hybridized carbons (Fsp3) is 0.385. The topological polar surface area (TPSA) is 56.2 Å². The minimum Gasteiger partial charge on any atom is -0.305 e. The summed E-state index contributed by atoms with van der Waals surface area (Å²) in [7, 11) is 0. The largest absolute Gasteiger partial charge is 0.324 e. The van der Waals surface area contributed by atoms with E-state index in [0.717, 1.165) is 12.8 Å². The van der Waals surface area contributed by atoms with Gasteiger partial charge in [0, 0.05) is 16.1 Å². The monoisotopic (exact) mass is 325 g/mol. The number of carbonyl (C=O) groups excluding carboxylic acids is 1. The molecule has 1 saturated carbocycles. The van der Waals surface area contributed by atoms with Crippen LogP contribution in [0.3, 0.4) is 0 Å². The van der Waals surface area contributed by atoms with Crippen molar-refractivity contribution in [3.63, 3.8) is 0 Å². The van der Waals surface area contributed by atoms with Crippen LogP contribution in [-0.2, 0) is 5.54 Å². The molecule has 1 unspecified atom stereocenters. The molecule has 100 valence electrons.